The van der Waals surface area contributed by atoms with Gasteiger partial charge in [0, 0.05) is 6.54 Å². The minimum atomic E-state index is -1.97. The monoisotopic (exact) mass is 266 g/mol. The van der Waals surface area contributed by atoms with Crippen LogP contribution < -0.4 is 10.6 Å². The van der Waals surface area contributed by atoms with Gasteiger partial charge in [0.15, 0.2) is 5.60 Å². The van der Waals surface area contributed by atoms with Gasteiger partial charge in [0.2, 0.25) is 0 Å². The van der Waals surface area contributed by atoms with E-state index >= 15 is 0 Å². The van der Waals surface area contributed by atoms with E-state index in [-0.39, 0.29) is 6.54 Å². The largest absolute Gasteiger partial charge is 0.479 e. The summed E-state index contributed by atoms with van der Waals surface area (Å²) in [4.78, 5) is 22.0. The van der Waals surface area contributed by atoms with E-state index in [1.807, 2.05) is 31.2 Å². The molecule has 0 radical (unpaired) electrons. The number of aryl methyl sites for hydroxylation is 1. The molecule has 4 N–H and O–H groups in total. The van der Waals surface area contributed by atoms with E-state index in [1.54, 1.807) is 0 Å². The van der Waals surface area contributed by atoms with Gasteiger partial charge in [-0.1, -0.05) is 29.8 Å². The van der Waals surface area contributed by atoms with Gasteiger partial charge in [-0.3, -0.25) is 0 Å². The lowest BCUT2D eigenvalue weighted by molar-refractivity contribution is -0.155. The summed E-state index contributed by atoms with van der Waals surface area (Å²) in [5.74, 6) is -1.38. The van der Waals surface area contributed by atoms with E-state index in [0.29, 0.717) is 6.54 Å². The number of benzene rings is 1. The number of aliphatic carboxylic acids is 1. The Hall–Kier alpha value is -2.08. The first-order valence-corrected chi connectivity index (χ1v) is 5.84. The predicted octanol–water partition coefficient (Wildman–Crippen LogP) is 0.630. The summed E-state index contributed by atoms with van der Waals surface area (Å²) < 4.78 is 0. The van der Waals surface area contributed by atoms with Gasteiger partial charge in [0.25, 0.3) is 0 Å². The molecule has 0 fully saturated rings. The maximum absolute atomic E-state index is 11.4. The number of amides is 2. The number of aliphatic hydroxyl groups is 1. The maximum atomic E-state index is 11.4. The molecule has 0 aromatic heterocycles. The Morgan fingerprint density at radius 1 is 1.21 bits per heavy atom. The van der Waals surface area contributed by atoms with Gasteiger partial charge in [-0.05, 0) is 19.4 Å². The van der Waals surface area contributed by atoms with Crippen molar-refractivity contribution >= 4 is 12.0 Å². The van der Waals surface area contributed by atoms with E-state index in [4.69, 9.17) is 5.11 Å². The lowest BCUT2D eigenvalue weighted by Gasteiger charge is -2.18. The molecule has 0 aliphatic rings. The highest BCUT2D eigenvalue weighted by Crippen LogP contribution is 2.03. The minimum absolute atomic E-state index is 0.335. The molecule has 0 aliphatic heterocycles. The molecule has 1 aromatic rings. The molecular formula is C13H18N2O4. The van der Waals surface area contributed by atoms with Crippen LogP contribution >= 0.6 is 0 Å². The fourth-order valence-electron chi connectivity index (χ4n) is 1.28. The maximum Gasteiger partial charge on any atom is 0.337 e. The van der Waals surface area contributed by atoms with Crippen molar-refractivity contribution in [1.82, 2.24) is 10.6 Å². The van der Waals surface area contributed by atoms with Gasteiger partial charge in [-0.2, -0.15) is 0 Å². The molecule has 0 saturated heterocycles. The Kier molecular flexibility index (Phi) is 4.88. The van der Waals surface area contributed by atoms with Crippen LogP contribution in [0.4, 0.5) is 4.79 Å². The molecule has 1 aromatic carbocycles. The van der Waals surface area contributed by atoms with E-state index in [0.717, 1.165) is 18.1 Å². The zero-order valence-corrected chi connectivity index (χ0v) is 10.9. The van der Waals surface area contributed by atoms with Crippen LogP contribution in [-0.4, -0.2) is 34.4 Å². The van der Waals surface area contributed by atoms with Crippen LogP contribution in [0.3, 0.4) is 0 Å². The van der Waals surface area contributed by atoms with Crippen molar-refractivity contribution < 1.29 is 19.8 Å². The Morgan fingerprint density at radius 2 is 1.79 bits per heavy atom. The average molecular weight is 266 g/mol. The van der Waals surface area contributed by atoms with Crippen LogP contribution in [0.5, 0.6) is 0 Å². The lowest BCUT2D eigenvalue weighted by atomic mass is 10.1. The van der Waals surface area contributed by atoms with Gasteiger partial charge in [-0.25, -0.2) is 9.59 Å². The first-order chi connectivity index (χ1) is 8.81. The highest BCUT2D eigenvalue weighted by Gasteiger charge is 2.30. The van der Waals surface area contributed by atoms with Crippen molar-refractivity contribution in [2.75, 3.05) is 6.54 Å². The van der Waals surface area contributed by atoms with E-state index in [1.165, 1.54) is 0 Å². The van der Waals surface area contributed by atoms with E-state index < -0.39 is 17.6 Å². The second kappa shape index (κ2) is 6.19. The van der Waals surface area contributed by atoms with Crippen LogP contribution in [0.15, 0.2) is 24.3 Å². The fraction of sp³-hybridized carbons (Fsp3) is 0.385. The second-order valence-electron chi connectivity index (χ2n) is 4.60. The van der Waals surface area contributed by atoms with E-state index in [2.05, 4.69) is 10.6 Å². The molecule has 1 unspecified atom stereocenters. The number of carboxylic acids is 1. The van der Waals surface area contributed by atoms with Crippen LogP contribution in [-0.2, 0) is 11.3 Å². The smallest absolute Gasteiger partial charge is 0.337 e. The summed E-state index contributed by atoms with van der Waals surface area (Å²) in [5.41, 5.74) is 0.0951. The van der Waals surface area contributed by atoms with Gasteiger partial charge in [0.1, 0.15) is 0 Å². The Morgan fingerprint density at radius 3 is 2.32 bits per heavy atom. The van der Waals surface area contributed by atoms with Crippen molar-refractivity contribution in [3.8, 4) is 0 Å². The molecule has 0 saturated carbocycles. The van der Waals surface area contributed by atoms with Crippen LogP contribution in [0.2, 0.25) is 0 Å². The van der Waals surface area contributed by atoms with Crippen molar-refractivity contribution in [3.63, 3.8) is 0 Å². The minimum Gasteiger partial charge on any atom is -0.479 e. The zero-order chi connectivity index (χ0) is 14.5. The molecule has 104 valence electrons. The topological polar surface area (TPSA) is 98.7 Å². The first kappa shape index (κ1) is 15.0. The van der Waals surface area contributed by atoms with E-state index in [9.17, 15) is 14.7 Å². The molecule has 1 rings (SSSR count). The summed E-state index contributed by atoms with van der Waals surface area (Å²) in [6.07, 6.45) is 0. The third kappa shape index (κ3) is 4.97. The number of rotatable bonds is 5. The summed E-state index contributed by atoms with van der Waals surface area (Å²) in [7, 11) is 0. The van der Waals surface area contributed by atoms with Gasteiger partial charge in [-0.15, -0.1) is 0 Å². The van der Waals surface area contributed by atoms with Crippen LogP contribution in [0.1, 0.15) is 18.1 Å². The highest BCUT2D eigenvalue weighted by molar-refractivity contribution is 5.79. The number of carbonyl (C=O) groups excluding carboxylic acids is 1. The molecule has 0 aliphatic carbocycles. The SMILES string of the molecule is Cc1ccc(CNC(=O)NCC(C)(O)C(=O)O)cc1. The van der Waals surface area contributed by atoms with Gasteiger partial charge < -0.3 is 20.8 Å². The van der Waals surface area contributed by atoms with Crippen molar-refractivity contribution in [2.24, 2.45) is 0 Å². The summed E-state index contributed by atoms with van der Waals surface area (Å²) in [6.45, 7) is 3.07. The quantitative estimate of drug-likeness (QED) is 0.628. The van der Waals surface area contributed by atoms with Gasteiger partial charge >= 0.3 is 12.0 Å². The van der Waals surface area contributed by atoms with Crippen molar-refractivity contribution in [3.05, 3.63) is 35.4 Å². The van der Waals surface area contributed by atoms with Gasteiger partial charge in [0.05, 0.1) is 6.54 Å². The number of urea groups is 1. The Labute approximate surface area is 111 Å². The molecule has 6 heteroatoms. The molecular weight excluding hydrogens is 248 g/mol. The Bertz CT molecular complexity index is 454. The number of hydrogen-bond donors (Lipinski definition) is 4. The molecule has 0 spiro atoms. The number of carbonyl (C=O) groups is 2. The Balaban J connectivity index is 2.36. The van der Waals surface area contributed by atoms with Crippen molar-refractivity contribution in [2.45, 2.75) is 26.0 Å². The van der Waals surface area contributed by atoms with Crippen LogP contribution in [0.25, 0.3) is 0 Å². The summed E-state index contributed by atoms with van der Waals surface area (Å²) in [6, 6.07) is 7.13. The molecule has 2 amide bonds. The fourth-order valence-corrected chi connectivity index (χ4v) is 1.28. The predicted molar refractivity (Wildman–Crippen MR) is 69.7 cm³/mol. The molecule has 0 bridgehead atoms. The summed E-state index contributed by atoms with van der Waals surface area (Å²) in [5, 5.41) is 23.0. The third-order valence-electron chi connectivity index (χ3n) is 2.63. The molecule has 6 nitrogen and oxygen atoms in total. The van der Waals surface area contributed by atoms with Crippen molar-refractivity contribution in [1.29, 1.82) is 0 Å². The molecule has 1 atom stereocenters. The number of hydrogen-bond acceptors (Lipinski definition) is 3. The second-order valence-corrected chi connectivity index (χ2v) is 4.60. The molecule has 0 heterocycles. The average Bonchev–Trinajstić information content (AvgIpc) is 2.35. The zero-order valence-electron chi connectivity index (χ0n) is 10.9. The highest BCUT2D eigenvalue weighted by atomic mass is 16.4. The first-order valence-electron chi connectivity index (χ1n) is 5.84. The molecule has 19 heavy (non-hydrogen) atoms. The number of carboxylic acid groups (broad SMARTS) is 1. The normalized spacial score (nSPS) is 13.4. The third-order valence-corrected chi connectivity index (χ3v) is 2.63. The van der Waals surface area contributed by atoms with Crippen LogP contribution in [0, 0.1) is 6.92 Å². The number of nitrogens with one attached hydrogen (secondary N) is 2. The standard InChI is InChI=1S/C13H18N2O4/c1-9-3-5-10(6-4-9)7-14-12(18)15-8-13(2,19)11(16)17/h3-6,19H,7-8H2,1-2H3,(H,16,17)(H2,14,15,18). The summed E-state index contributed by atoms with van der Waals surface area (Å²) >= 11 is 0. The lowest BCUT2D eigenvalue weighted by Crippen LogP contribution is -2.48.